The van der Waals surface area contributed by atoms with E-state index in [0.717, 1.165) is 0 Å². The van der Waals surface area contributed by atoms with Crippen LogP contribution in [0.1, 0.15) is 53.4 Å². The van der Waals surface area contributed by atoms with Crippen LogP contribution in [0.3, 0.4) is 0 Å². The first-order valence-corrected chi connectivity index (χ1v) is 7.17. The van der Waals surface area contributed by atoms with Crippen molar-refractivity contribution >= 4 is 29.6 Å². The molecular weight excluding hydrogens is 292 g/mol. The molecule has 8 nitrogen and oxygen atoms in total. The van der Waals surface area contributed by atoms with Crippen LogP contribution in [0.5, 0.6) is 0 Å². The van der Waals surface area contributed by atoms with E-state index in [2.05, 4.69) is 0 Å². The number of imide groups is 2. The van der Waals surface area contributed by atoms with Crippen LogP contribution in [0, 0.1) is 0 Å². The summed E-state index contributed by atoms with van der Waals surface area (Å²) < 4.78 is 4.98. The smallest absolute Gasteiger partial charge is 0.307 e. The lowest BCUT2D eigenvalue weighted by molar-refractivity contribution is -0.176. The van der Waals surface area contributed by atoms with Gasteiger partial charge in [0.25, 0.3) is 17.4 Å². The van der Waals surface area contributed by atoms with Crippen molar-refractivity contribution in [2.75, 3.05) is 0 Å². The highest BCUT2D eigenvalue weighted by Gasteiger charge is 2.49. The summed E-state index contributed by atoms with van der Waals surface area (Å²) in [6, 6.07) is 0. The van der Waals surface area contributed by atoms with Crippen LogP contribution in [0.2, 0.25) is 0 Å². The van der Waals surface area contributed by atoms with E-state index in [0.29, 0.717) is 0 Å². The van der Waals surface area contributed by atoms with Crippen LogP contribution in [0.4, 0.5) is 0 Å². The molecule has 2 N–H and O–H groups in total. The Morgan fingerprint density at radius 2 is 1.18 bits per heavy atom. The summed E-state index contributed by atoms with van der Waals surface area (Å²) in [4.78, 5) is 58.8. The lowest BCUT2D eigenvalue weighted by Gasteiger charge is -2.29. The summed E-state index contributed by atoms with van der Waals surface area (Å²) in [7, 11) is 0. The maximum absolute atomic E-state index is 12.2. The molecule has 0 saturated heterocycles. The predicted molar refractivity (Wildman–Crippen MR) is 76.3 cm³/mol. The van der Waals surface area contributed by atoms with E-state index < -0.39 is 35.2 Å². The van der Waals surface area contributed by atoms with Gasteiger partial charge in [-0.2, -0.15) is 0 Å². The number of amides is 4. The zero-order valence-corrected chi connectivity index (χ0v) is 13.3. The number of hydrogen-bond donors (Lipinski definition) is 2. The van der Waals surface area contributed by atoms with Gasteiger partial charge in [0.2, 0.25) is 11.8 Å². The van der Waals surface area contributed by atoms with Crippen LogP contribution in [0.25, 0.3) is 0 Å². The second-order valence-electron chi connectivity index (χ2n) is 4.47. The number of rotatable bonds is 7. The summed E-state index contributed by atoms with van der Waals surface area (Å²) >= 11 is 0. The van der Waals surface area contributed by atoms with Gasteiger partial charge in [0.05, 0.1) is 0 Å². The van der Waals surface area contributed by atoms with E-state index in [1.165, 1.54) is 27.7 Å². The Labute approximate surface area is 129 Å². The summed E-state index contributed by atoms with van der Waals surface area (Å²) in [5.41, 5.74) is -2.25. The first-order chi connectivity index (χ1) is 10.3. The summed E-state index contributed by atoms with van der Waals surface area (Å²) in [6.45, 7) is 5.98. The highest BCUT2D eigenvalue weighted by Crippen LogP contribution is 2.19. The standard InChI is InChI=1S/C14H22N2O6/c1-5-9(17)15-12(20)14(8-4,22-11(19)7-3)13(21)16-10(18)6-2/h5-8H2,1-4H3,(H,15,17,20)(H,16,18,21). The number of ether oxygens (including phenoxy) is 1. The third-order valence-electron chi connectivity index (χ3n) is 2.96. The van der Waals surface area contributed by atoms with Crippen molar-refractivity contribution in [2.24, 2.45) is 0 Å². The summed E-state index contributed by atoms with van der Waals surface area (Å²) in [5.74, 6) is -4.16. The molecule has 0 bridgehead atoms. The van der Waals surface area contributed by atoms with Crippen LogP contribution >= 0.6 is 0 Å². The van der Waals surface area contributed by atoms with Crippen molar-refractivity contribution in [3.63, 3.8) is 0 Å². The molecule has 0 spiro atoms. The Bertz CT molecular complexity index is 442. The molecule has 0 atom stereocenters. The molecule has 0 aliphatic rings. The van der Waals surface area contributed by atoms with E-state index in [4.69, 9.17) is 4.74 Å². The molecule has 0 saturated carbocycles. The van der Waals surface area contributed by atoms with E-state index in [1.54, 1.807) is 0 Å². The molecule has 8 heteroatoms. The minimum Gasteiger partial charge on any atom is -0.439 e. The predicted octanol–water partition coefficient (Wildman–Crippen LogP) is 0.194. The Morgan fingerprint density at radius 1 is 0.773 bits per heavy atom. The fraction of sp³-hybridized carbons (Fsp3) is 0.643. The zero-order valence-electron chi connectivity index (χ0n) is 13.3. The minimum atomic E-state index is -2.25. The first-order valence-electron chi connectivity index (χ1n) is 7.17. The molecular formula is C14H22N2O6. The van der Waals surface area contributed by atoms with Crippen molar-refractivity contribution in [1.29, 1.82) is 0 Å². The van der Waals surface area contributed by atoms with E-state index in [-0.39, 0.29) is 25.7 Å². The van der Waals surface area contributed by atoms with Gasteiger partial charge in [0.15, 0.2) is 0 Å². The van der Waals surface area contributed by atoms with E-state index in [9.17, 15) is 24.0 Å². The molecule has 0 aliphatic carbocycles. The van der Waals surface area contributed by atoms with Crippen molar-refractivity contribution in [3.8, 4) is 0 Å². The number of carbonyl (C=O) groups is 5. The molecule has 0 aromatic rings. The number of nitrogens with one attached hydrogen (secondary N) is 2. The van der Waals surface area contributed by atoms with Crippen LogP contribution in [0.15, 0.2) is 0 Å². The molecule has 0 unspecified atom stereocenters. The maximum Gasteiger partial charge on any atom is 0.307 e. The zero-order chi connectivity index (χ0) is 17.3. The van der Waals surface area contributed by atoms with Gasteiger partial charge in [-0.05, 0) is 0 Å². The molecule has 0 aliphatic heterocycles. The Kier molecular flexibility index (Phi) is 8.00. The largest absolute Gasteiger partial charge is 0.439 e. The Balaban J connectivity index is 5.55. The van der Waals surface area contributed by atoms with Gasteiger partial charge < -0.3 is 4.74 Å². The van der Waals surface area contributed by atoms with Crippen LogP contribution in [-0.4, -0.2) is 35.2 Å². The highest BCUT2D eigenvalue weighted by atomic mass is 16.6. The van der Waals surface area contributed by atoms with Gasteiger partial charge in [-0.1, -0.05) is 27.7 Å². The average Bonchev–Trinajstić information content (AvgIpc) is 2.51. The van der Waals surface area contributed by atoms with Gasteiger partial charge >= 0.3 is 5.97 Å². The van der Waals surface area contributed by atoms with Crippen molar-refractivity contribution in [2.45, 2.75) is 59.0 Å². The SMILES string of the molecule is CCC(=O)NC(=O)C(CC)(OC(=O)CC)C(=O)NC(=O)CC. The fourth-order valence-corrected chi connectivity index (χ4v) is 1.49. The molecule has 4 amide bonds. The normalized spacial score (nSPS) is 10.5. The van der Waals surface area contributed by atoms with E-state index >= 15 is 0 Å². The maximum atomic E-state index is 12.2. The Morgan fingerprint density at radius 3 is 1.45 bits per heavy atom. The molecule has 0 fully saturated rings. The topological polar surface area (TPSA) is 119 Å². The monoisotopic (exact) mass is 314 g/mol. The second kappa shape index (κ2) is 8.91. The van der Waals surface area contributed by atoms with Crippen molar-refractivity contribution < 1.29 is 28.7 Å². The third-order valence-corrected chi connectivity index (χ3v) is 2.96. The van der Waals surface area contributed by atoms with Crippen LogP contribution in [-0.2, 0) is 28.7 Å². The highest BCUT2D eigenvalue weighted by molar-refractivity contribution is 6.16. The fourth-order valence-electron chi connectivity index (χ4n) is 1.49. The van der Waals surface area contributed by atoms with Gasteiger partial charge in [-0.15, -0.1) is 0 Å². The van der Waals surface area contributed by atoms with E-state index in [1.807, 2.05) is 10.6 Å². The van der Waals surface area contributed by atoms with Gasteiger partial charge in [0.1, 0.15) is 0 Å². The van der Waals surface area contributed by atoms with Gasteiger partial charge in [-0.3, -0.25) is 34.6 Å². The molecule has 0 aromatic carbocycles. The molecule has 0 heterocycles. The lowest BCUT2D eigenvalue weighted by atomic mass is 9.97. The number of hydrogen-bond acceptors (Lipinski definition) is 6. The summed E-state index contributed by atoms with van der Waals surface area (Å²) in [6.07, 6.45) is -0.248. The van der Waals surface area contributed by atoms with Gasteiger partial charge in [0, 0.05) is 25.7 Å². The summed E-state index contributed by atoms with van der Waals surface area (Å²) in [5, 5.41) is 3.99. The number of carbonyl (C=O) groups excluding carboxylic acids is 5. The quantitative estimate of drug-likeness (QED) is 0.511. The average molecular weight is 314 g/mol. The molecule has 0 radical (unpaired) electrons. The van der Waals surface area contributed by atoms with Crippen molar-refractivity contribution in [1.82, 2.24) is 10.6 Å². The molecule has 0 aromatic heterocycles. The van der Waals surface area contributed by atoms with Gasteiger partial charge in [-0.25, -0.2) is 0 Å². The Hall–Kier alpha value is -2.25. The minimum absolute atomic E-state index is 0.0166. The molecule has 22 heavy (non-hydrogen) atoms. The molecule has 0 rings (SSSR count). The lowest BCUT2D eigenvalue weighted by Crippen LogP contribution is -2.60. The van der Waals surface area contributed by atoms with Crippen LogP contribution < -0.4 is 10.6 Å². The second-order valence-corrected chi connectivity index (χ2v) is 4.47. The first kappa shape index (κ1) is 19.8. The van der Waals surface area contributed by atoms with Crippen molar-refractivity contribution in [3.05, 3.63) is 0 Å². The third kappa shape index (κ3) is 4.94. The number of esters is 1. The molecule has 124 valence electrons.